The van der Waals surface area contributed by atoms with Crippen LogP contribution in [-0.4, -0.2) is 22.2 Å². The van der Waals surface area contributed by atoms with Crippen molar-refractivity contribution in [3.05, 3.63) is 25.4 Å². The van der Waals surface area contributed by atoms with E-state index in [4.69, 9.17) is 10.2 Å². The number of benzene rings is 1. The normalized spacial score (nSPS) is 9.11. The van der Waals surface area contributed by atoms with E-state index in [1.807, 2.05) is 67.8 Å². The van der Waals surface area contributed by atoms with Gasteiger partial charge in [0.05, 0.1) is 11.1 Å². The third-order valence-electron chi connectivity index (χ3n) is 1.69. The molecular weight excluding hydrogens is 739 g/mol. The molecule has 0 unspecified atom stereocenters. The molecule has 2 N–H and O–H groups in total. The Balaban J connectivity index is 0. The van der Waals surface area contributed by atoms with E-state index in [1.165, 1.54) is 0 Å². The second kappa shape index (κ2) is 8.84. The molecule has 0 saturated carbocycles. The molecule has 0 aliphatic carbocycles. The highest BCUT2D eigenvalue weighted by molar-refractivity contribution is 14.1. The van der Waals surface area contributed by atoms with Crippen molar-refractivity contribution in [1.82, 2.24) is 0 Å². The van der Waals surface area contributed by atoms with Gasteiger partial charge in [-0.25, -0.2) is 9.59 Å². The fourth-order valence-corrected chi connectivity index (χ4v) is 5.64. The number of carbonyl (C=O) groups is 2. The first-order chi connectivity index (χ1) is 7.29. The Morgan fingerprint density at radius 2 is 0.944 bits per heavy atom. The van der Waals surface area contributed by atoms with E-state index in [2.05, 4.69) is 0 Å². The third-order valence-corrected chi connectivity index (χ3v) is 8.07. The van der Waals surface area contributed by atoms with Crippen molar-refractivity contribution in [1.29, 1.82) is 0 Å². The molecule has 1 aromatic rings. The van der Waals surface area contributed by atoms with Crippen LogP contribution in [0.15, 0.2) is 0 Å². The van der Waals surface area contributed by atoms with Crippen LogP contribution in [0.1, 0.15) is 20.7 Å². The minimum atomic E-state index is -1.11. The van der Waals surface area contributed by atoms with Crippen LogP contribution >= 0.6 is 115 Å². The smallest absolute Gasteiger partial charge is 0.337 e. The molecule has 0 amide bonds. The largest absolute Gasteiger partial charge is 0.478 e. The maximum atomic E-state index is 11.1. The van der Waals surface area contributed by atoms with Gasteiger partial charge in [-0.2, -0.15) is 0 Å². The summed E-state index contributed by atoms with van der Waals surface area (Å²) in [5.41, 5.74) is 0.117. The summed E-state index contributed by atoms with van der Waals surface area (Å²) in [6, 6.07) is 0. The van der Waals surface area contributed by atoms with Crippen molar-refractivity contribution in [2.24, 2.45) is 0 Å². The van der Waals surface area contributed by atoms with E-state index in [1.54, 1.807) is 22.6 Å². The molecule has 4 nitrogen and oxygen atoms in total. The van der Waals surface area contributed by atoms with Gasteiger partial charge in [0, 0.05) is 14.3 Å². The summed E-state index contributed by atoms with van der Waals surface area (Å²) in [6.07, 6.45) is 0. The van der Waals surface area contributed by atoms with Gasteiger partial charge >= 0.3 is 11.9 Å². The van der Waals surface area contributed by atoms with Crippen LogP contribution in [0.5, 0.6) is 0 Å². The minimum Gasteiger partial charge on any atom is -0.478 e. The lowest BCUT2D eigenvalue weighted by Crippen LogP contribution is -2.14. The number of carboxylic acids is 2. The second-order valence-electron chi connectivity index (χ2n) is 2.62. The van der Waals surface area contributed by atoms with Crippen molar-refractivity contribution in [2.75, 3.05) is 0 Å². The van der Waals surface area contributed by atoms with Gasteiger partial charge in [0.15, 0.2) is 0 Å². The molecule has 0 heterocycles. The molecule has 0 aliphatic heterocycles. The maximum absolute atomic E-state index is 11.1. The molecule has 0 bridgehead atoms. The summed E-state index contributed by atoms with van der Waals surface area (Å²) in [6.45, 7) is 0. The van der Waals surface area contributed by atoms with Gasteiger partial charge in [-0.1, -0.05) is 0 Å². The van der Waals surface area contributed by atoms with Gasteiger partial charge in [-0.05, 0) is 90.4 Å². The van der Waals surface area contributed by atoms with Gasteiger partial charge in [0.1, 0.15) is 0 Å². The van der Waals surface area contributed by atoms with Crippen molar-refractivity contribution in [3.8, 4) is 0 Å². The Morgan fingerprint density at radius 3 is 1.17 bits per heavy atom. The standard InChI is InChI=1S/C8H2I4O4.2ClH/c9-3-1(7(13)14)4(10)6(12)5(11)2(3)8(15)16;;/h(H,13,14)(H,15,16);2*1H. The summed E-state index contributed by atoms with van der Waals surface area (Å²) in [4.78, 5) is 22.1. The molecule has 102 valence electrons. The Hall–Kier alpha value is 1.66. The van der Waals surface area contributed by atoms with Gasteiger partial charge < -0.3 is 10.2 Å². The number of rotatable bonds is 2. The Labute approximate surface area is 169 Å². The van der Waals surface area contributed by atoms with Crippen molar-refractivity contribution in [3.63, 3.8) is 0 Å². The average molecular weight is 743 g/mol. The molecule has 1 aromatic carbocycles. The number of carboxylic acid groups (broad SMARTS) is 2. The van der Waals surface area contributed by atoms with Crippen molar-refractivity contribution >= 4 is 127 Å². The molecular formula is C8H4Cl2I4O4. The van der Waals surface area contributed by atoms with Crippen LogP contribution in [0.4, 0.5) is 0 Å². The molecule has 0 saturated heterocycles. The van der Waals surface area contributed by atoms with Crippen LogP contribution in [0.3, 0.4) is 0 Å². The predicted molar refractivity (Wildman–Crippen MR) is 106 cm³/mol. The minimum absolute atomic E-state index is 0. The van der Waals surface area contributed by atoms with Gasteiger partial charge in [-0.3, -0.25) is 0 Å². The average Bonchev–Trinajstić information content (AvgIpc) is 2.13. The maximum Gasteiger partial charge on any atom is 0.337 e. The number of hydrogen-bond donors (Lipinski definition) is 2. The summed E-state index contributed by atoms with van der Waals surface area (Å²) < 4.78 is 2.08. The highest BCUT2D eigenvalue weighted by Gasteiger charge is 2.26. The molecule has 0 radical (unpaired) electrons. The highest BCUT2D eigenvalue weighted by atomic mass is 127. The van der Waals surface area contributed by atoms with Crippen LogP contribution < -0.4 is 0 Å². The fourth-order valence-electron chi connectivity index (χ4n) is 1.01. The number of halogens is 6. The fraction of sp³-hybridized carbons (Fsp3) is 0. The second-order valence-corrected chi connectivity index (χ2v) is 6.93. The summed E-state index contributed by atoms with van der Waals surface area (Å²) >= 11 is 7.56. The molecule has 0 aliphatic rings. The lowest BCUT2D eigenvalue weighted by atomic mass is 10.1. The topological polar surface area (TPSA) is 74.6 Å². The molecule has 18 heavy (non-hydrogen) atoms. The van der Waals surface area contributed by atoms with E-state index < -0.39 is 11.9 Å². The Bertz CT molecular complexity index is 465. The Kier molecular flexibility index (Phi) is 10.8. The van der Waals surface area contributed by atoms with Gasteiger partial charge in [0.2, 0.25) is 0 Å². The highest BCUT2D eigenvalue weighted by Crippen LogP contribution is 2.32. The lowest BCUT2D eigenvalue weighted by Gasteiger charge is -2.11. The molecule has 0 aromatic heterocycles. The first-order valence-corrected chi connectivity index (χ1v) is 7.93. The number of aromatic carboxylic acids is 2. The number of hydrogen-bond acceptors (Lipinski definition) is 2. The van der Waals surface area contributed by atoms with Crippen LogP contribution in [0, 0.1) is 14.3 Å². The first kappa shape index (κ1) is 21.9. The Morgan fingerprint density at radius 1 is 0.667 bits per heavy atom. The lowest BCUT2D eigenvalue weighted by molar-refractivity contribution is 0.0694. The van der Waals surface area contributed by atoms with Crippen molar-refractivity contribution < 1.29 is 19.8 Å². The van der Waals surface area contributed by atoms with E-state index in [0.717, 1.165) is 0 Å². The zero-order valence-electron chi connectivity index (χ0n) is 8.04. The summed E-state index contributed by atoms with van der Waals surface area (Å²) in [7, 11) is 0. The van der Waals surface area contributed by atoms with Crippen LogP contribution in [0.25, 0.3) is 0 Å². The van der Waals surface area contributed by atoms with Crippen LogP contribution in [-0.2, 0) is 0 Å². The molecule has 0 atom stereocenters. The summed E-state index contributed by atoms with van der Waals surface area (Å²) in [5.74, 6) is -2.21. The van der Waals surface area contributed by atoms with Crippen LogP contribution in [0.2, 0.25) is 0 Å². The van der Waals surface area contributed by atoms with E-state index in [-0.39, 0.29) is 39.5 Å². The molecule has 10 heteroatoms. The zero-order chi connectivity index (χ0) is 12.6. The van der Waals surface area contributed by atoms with Gasteiger partial charge in [0.25, 0.3) is 0 Å². The monoisotopic (exact) mass is 742 g/mol. The first-order valence-electron chi connectivity index (χ1n) is 3.61. The third kappa shape index (κ3) is 4.33. The quantitative estimate of drug-likeness (QED) is 0.269. The zero-order valence-corrected chi connectivity index (χ0v) is 18.3. The van der Waals surface area contributed by atoms with Crippen molar-refractivity contribution in [2.45, 2.75) is 0 Å². The van der Waals surface area contributed by atoms with Gasteiger partial charge in [-0.15, -0.1) is 24.8 Å². The van der Waals surface area contributed by atoms with E-state index in [0.29, 0.717) is 10.7 Å². The molecule has 0 spiro atoms. The molecule has 0 fully saturated rings. The SMILES string of the molecule is Cl.Cl.O=C(O)c1c(I)c(I)c(I)c(C(=O)O)c1I. The van der Waals surface area contributed by atoms with E-state index in [9.17, 15) is 9.59 Å². The predicted octanol–water partition coefficient (Wildman–Crippen LogP) is 4.34. The van der Waals surface area contributed by atoms with E-state index >= 15 is 0 Å². The molecule has 1 rings (SSSR count). The summed E-state index contributed by atoms with van der Waals surface area (Å²) in [5, 5.41) is 18.1.